The van der Waals surface area contributed by atoms with Crippen LogP contribution in [0.4, 0.5) is 5.69 Å². The third kappa shape index (κ3) is 3.74. The van der Waals surface area contributed by atoms with Crippen molar-refractivity contribution >= 4 is 17.3 Å². The van der Waals surface area contributed by atoms with Crippen molar-refractivity contribution in [1.82, 2.24) is 0 Å². The van der Waals surface area contributed by atoms with E-state index in [-0.39, 0.29) is 0 Å². The molecule has 0 radical (unpaired) electrons. The average Bonchev–Trinajstić information content (AvgIpc) is 2.48. The molecule has 2 aromatic rings. The molecule has 2 rings (SSSR count). The van der Waals surface area contributed by atoms with Crippen molar-refractivity contribution in [2.75, 3.05) is 12.4 Å². The van der Waals surface area contributed by atoms with Crippen molar-refractivity contribution < 1.29 is 4.74 Å². The van der Waals surface area contributed by atoms with E-state index in [2.05, 4.69) is 23.5 Å². The summed E-state index contributed by atoms with van der Waals surface area (Å²) >= 11 is 6.11. The number of methoxy groups -OCH3 is 1. The first-order valence-corrected chi connectivity index (χ1v) is 6.61. The molecule has 102 valence electrons. The number of nitriles is 1. The maximum Gasteiger partial charge on any atom is 0.0992 e. The number of benzene rings is 2. The number of halogens is 1. The third-order valence-corrected chi connectivity index (χ3v) is 3.23. The lowest BCUT2D eigenvalue weighted by atomic mass is 10.1. The monoisotopic (exact) mass is 286 g/mol. The fourth-order valence-electron chi connectivity index (χ4n) is 1.85. The van der Waals surface area contributed by atoms with Crippen molar-refractivity contribution in [3.8, 4) is 6.07 Å². The van der Waals surface area contributed by atoms with Gasteiger partial charge in [0.15, 0.2) is 0 Å². The molecular formula is C16H15ClN2O. The Bertz CT molecular complexity index is 617. The summed E-state index contributed by atoms with van der Waals surface area (Å²) in [5.41, 5.74) is 3.69. The minimum absolute atomic E-state index is 0.556. The van der Waals surface area contributed by atoms with Gasteiger partial charge in [-0.05, 0) is 29.3 Å². The molecule has 0 unspecified atom stereocenters. The fraction of sp³-hybridized carbons (Fsp3) is 0.188. The van der Waals surface area contributed by atoms with Gasteiger partial charge in [0.25, 0.3) is 0 Å². The van der Waals surface area contributed by atoms with E-state index in [4.69, 9.17) is 21.6 Å². The molecule has 0 aromatic heterocycles. The number of hydrogen-bond donors (Lipinski definition) is 1. The highest BCUT2D eigenvalue weighted by atomic mass is 35.5. The van der Waals surface area contributed by atoms with Gasteiger partial charge in [0.05, 0.1) is 28.9 Å². The summed E-state index contributed by atoms with van der Waals surface area (Å²) < 4.78 is 5.08. The summed E-state index contributed by atoms with van der Waals surface area (Å²) in [7, 11) is 1.68. The minimum Gasteiger partial charge on any atom is -0.380 e. The van der Waals surface area contributed by atoms with Crippen LogP contribution in [0.25, 0.3) is 0 Å². The second kappa shape index (κ2) is 6.95. The van der Waals surface area contributed by atoms with Gasteiger partial charge in [-0.2, -0.15) is 5.26 Å². The van der Waals surface area contributed by atoms with Crippen LogP contribution in [0.1, 0.15) is 16.7 Å². The van der Waals surface area contributed by atoms with E-state index in [1.807, 2.05) is 18.2 Å². The average molecular weight is 287 g/mol. The Morgan fingerprint density at radius 1 is 1.15 bits per heavy atom. The highest BCUT2D eigenvalue weighted by Gasteiger charge is 2.02. The van der Waals surface area contributed by atoms with Crippen LogP contribution in [0.2, 0.25) is 5.02 Å². The standard InChI is InChI=1S/C16H15ClN2O/c1-20-11-13-4-2-12(3-5-13)10-19-16-7-6-14(9-18)8-15(16)17/h2-8,19H,10-11H2,1H3. The highest BCUT2D eigenvalue weighted by Crippen LogP contribution is 2.23. The van der Waals surface area contributed by atoms with Crippen LogP contribution < -0.4 is 5.32 Å². The molecule has 0 amide bonds. The largest absolute Gasteiger partial charge is 0.380 e. The van der Waals surface area contributed by atoms with Crippen molar-refractivity contribution in [2.24, 2.45) is 0 Å². The summed E-state index contributed by atoms with van der Waals surface area (Å²) in [5, 5.41) is 12.6. The second-order valence-corrected chi connectivity index (χ2v) is 4.82. The zero-order chi connectivity index (χ0) is 14.4. The Morgan fingerprint density at radius 3 is 2.45 bits per heavy atom. The zero-order valence-corrected chi connectivity index (χ0v) is 11.9. The molecule has 0 bridgehead atoms. The molecule has 0 fully saturated rings. The second-order valence-electron chi connectivity index (χ2n) is 4.41. The molecule has 20 heavy (non-hydrogen) atoms. The highest BCUT2D eigenvalue weighted by molar-refractivity contribution is 6.33. The van der Waals surface area contributed by atoms with Crippen molar-refractivity contribution in [2.45, 2.75) is 13.2 Å². The molecule has 0 aliphatic rings. The first-order valence-electron chi connectivity index (χ1n) is 6.23. The first-order chi connectivity index (χ1) is 9.72. The lowest BCUT2D eigenvalue weighted by Gasteiger charge is -2.09. The first kappa shape index (κ1) is 14.4. The van der Waals surface area contributed by atoms with E-state index in [1.54, 1.807) is 19.2 Å². The maximum atomic E-state index is 8.79. The number of ether oxygens (including phenoxy) is 1. The Labute approximate surface area is 123 Å². The van der Waals surface area contributed by atoms with Crippen LogP contribution in [-0.2, 0) is 17.9 Å². The van der Waals surface area contributed by atoms with Gasteiger partial charge in [0, 0.05) is 13.7 Å². The number of nitrogens with zero attached hydrogens (tertiary/aromatic N) is 1. The van der Waals surface area contributed by atoms with Crippen molar-refractivity contribution in [3.05, 3.63) is 64.2 Å². The summed E-state index contributed by atoms with van der Waals surface area (Å²) in [6.45, 7) is 1.30. The number of rotatable bonds is 5. The fourth-order valence-corrected chi connectivity index (χ4v) is 2.09. The number of anilines is 1. The predicted octanol–water partition coefficient (Wildman–Crippen LogP) is 3.97. The molecule has 0 aliphatic heterocycles. The van der Waals surface area contributed by atoms with E-state index in [0.29, 0.717) is 23.7 Å². The lowest BCUT2D eigenvalue weighted by molar-refractivity contribution is 0.185. The molecule has 0 saturated heterocycles. The van der Waals surface area contributed by atoms with E-state index >= 15 is 0 Å². The lowest BCUT2D eigenvalue weighted by Crippen LogP contribution is -2.00. The molecule has 0 heterocycles. The predicted molar refractivity (Wildman–Crippen MR) is 80.6 cm³/mol. The van der Waals surface area contributed by atoms with Gasteiger partial charge < -0.3 is 10.1 Å². The van der Waals surface area contributed by atoms with Gasteiger partial charge in [-0.15, -0.1) is 0 Å². The van der Waals surface area contributed by atoms with Crippen molar-refractivity contribution in [3.63, 3.8) is 0 Å². The Hall–Kier alpha value is -2.02. The van der Waals surface area contributed by atoms with Gasteiger partial charge in [-0.3, -0.25) is 0 Å². The van der Waals surface area contributed by atoms with E-state index in [1.165, 1.54) is 0 Å². The van der Waals surface area contributed by atoms with Crippen LogP contribution in [0.3, 0.4) is 0 Å². The van der Waals surface area contributed by atoms with Crippen LogP contribution >= 0.6 is 11.6 Å². The topological polar surface area (TPSA) is 45.0 Å². The van der Waals surface area contributed by atoms with E-state index in [9.17, 15) is 0 Å². The normalized spacial score (nSPS) is 10.1. The Morgan fingerprint density at radius 2 is 1.85 bits per heavy atom. The van der Waals surface area contributed by atoms with Crippen LogP contribution in [-0.4, -0.2) is 7.11 Å². The van der Waals surface area contributed by atoms with Crippen molar-refractivity contribution in [1.29, 1.82) is 5.26 Å². The van der Waals surface area contributed by atoms with Gasteiger partial charge in [0.1, 0.15) is 0 Å². The zero-order valence-electron chi connectivity index (χ0n) is 11.2. The Balaban J connectivity index is 2.00. The molecule has 4 heteroatoms. The Kier molecular flexibility index (Phi) is 5.00. The van der Waals surface area contributed by atoms with Gasteiger partial charge in [0.2, 0.25) is 0 Å². The molecule has 0 atom stereocenters. The van der Waals surface area contributed by atoms with E-state index in [0.717, 1.165) is 16.8 Å². The molecule has 3 nitrogen and oxygen atoms in total. The quantitative estimate of drug-likeness (QED) is 0.904. The van der Waals surface area contributed by atoms with Gasteiger partial charge >= 0.3 is 0 Å². The molecule has 1 N–H and O–H groups in total. The summed E-state index contributed by atoms with van der Waals surface area (Å²) in [6.07, 6.45) is 0. The summed E-state index contributed by atoms with van der Waals surface area (Å²) in [6, 6.07) is 15.5. The SMILES string of the molecule is COCc1ccc(CNc2ccc(C#N)cc2Cl)cc1. The smallest absolute Gasteiger partial charge is 0.0992 e. The molecule has 2 aromatic carbocycles. The molecule has 0 aliphatic carbocycles. The van der Waals surface area contributed by atoms with Crippen LogP contribution in [0, 0.1) is 11.3 Å². The molecule has 0 saturated carbocycles. The van der Waals surface area contributed by atoms with E-state index < -0.39 is 0 Å². The third-order valence-electron chi connectivity index (χ3n) is 2.92. The van der Waals surface area contributed by atoms with Gasteiger partial charge in [-0.25, -0.2) is 0 Å². The molecular weight excluding hydrogens is 272 g/mol. The summed E-state index contributed by atoms with van der Waals surface area (Å²) in [4.78, 5) is 0. The number of hydrogen-bond acceptors (Lipinski definition) is 3. The van der Waals surface area contributed by atoms with Gasteiger partial charge in [-0.1, -0.05) is 35.9 Å². The molecule has 0 spiro atoms. The maximum absolute atomic E-state index is 8.79. The summed E-state index contributed by atoms with van der Waals surface area (Å²) in [5.74, 6) is 0. The van der Waals surface area contributed by atoms with Crippen LogP contribution in [0.5, 0.6) is 0 Å². The number of nitrogens with one attached hydrogen (secondary N) is 1. The minimum atomic E-state index is 0.556. The van der Waals surface area contributed by atoms with Crippen LogP contribution in [0.15, 0.2) is 42.5 Å².